The van der Waals surface area contributed by atoms with Gasteiger partial charge in [-0.25, -0.2) is 4.39 Å². The Morgan fingerprint density at radius 3 is 2.56 bits per heavy atom. The molecule has 25 heavy (non-hydrogen) atoms. The summed E-state index contributed by atoms with van der Waals surface area (Å²) in [6, 6.07) is 14.6. The predicted octanol–water partition coefficient (Wildman–Crippen LogP) is 3.08. The van der Waals surface area contributed by atoms with E-state index in [0.29, 0.717) is 28.6 Å². The van der Waals surface area contributed by atoms with E-state index >= 15 is 0 Å². The zero-order valence-electron chi connectivity index (χ0n) is 14.0. The van der Waals surface area contributed by atoms with Gasteiger partial charge in [0.1, 0.15) is 12.4 Å². The lowest BCUT2D eigenvalue weighted by atomic mass is 10.2. The van der Waals surface area contributed by atoms with Gasteiger partial charge in [-0.05, 0) is 24.4 Å². The van der Waals surface area contributed by atoms with E-state index in [9.17, 15) is 4.39 Å². The molecule has 7 heteroatoms. The molecule has 0 aliphatic rings. The molecule has 0 fully saturated rings. The van der Waals surface area contributed by atoms with E-state index in [1.807, 2.05) is 49.0 Å². The molecular formula is C18H19ClFN4S+. The SMILES string of the molecule is Cn1c(-c2ccccc2)nn(C[NH+](C)Cc2c(F)cccc2Cl)c1=S. The highest BCUT2D eigenvalue weighted by Crippen LogP contribution is 2.18. The average Bonchev–Trinajstić information content (AvgIpc) is 2.87. The van der Waals surface area contributed by atoms with Gasteiger partial charge in [-0.2, -0.15) is 4.68 Å². The molecule has 0 saturated heterocycles. The highest BCUT2D eigenvalue weighted by atomic mass is 35.5. The third-order valence-electron chi connectivity index (χ3n) is 4.03. The van der Waals surface area contributed by atoms with Gasteiger partial charge < -0.3 is 9.47 Å². The van der Waals surface area contributed by atoms with Crippen LogP contribution < -0.4 is 4.90 Å². The van der Waals surface area contributed by atoms with E-state index in [1.165, 1.54) is 6.07 Å². The second kappa shape index (κ2) is 7.47. The molecule has 130 valence electrons. The van der Waals surface area contributed by atoms with Crippen molar-refractivity contribution in [3.63, 3.8) is 0 Å². The third kappa shape index (κ3) is 3.81. The summed E-state index contributed by atoms with van der Waals surface area (Å²) in [5, 5.41) is 5.07. The van der Waals surface area contributed by atoms with Crippen molar-refractivity contribution < 1.29 is 9.29 Å². The van der Waals surface area contributed by atoms with Gasteiger partial charge in [0.2, 0.25) is 4.77 Å². The van der Waals surface area contributed by atoms with E-state index in [-0.39, 0.29) is 5.82 Å². The molecule has 1 N–H and O–H groups in total. The second-order valence-electron chi connectivity index (χ2n) is 6.02. The predicted molar refractivity (Wildman–Crippen MR) is 99.5 cm³/mol. The van der Waals surface area contributed by atoms with Crippen LogP contribution in [0.4, 0.5) is 4.39 Å². The summed E-state index contributed by atoms with van der Waals surface area (Å²) in [5.74, 6) is 0.517. The first-order valence-corrected chi connectivity index (χ1v) is 8.69. The van der Waals surface area contributed by atoms with Crippen molar-refractivity contribution in [3.8, 4) is 11.4 Å². The van der Waals surface area contributed by atoms with Gasteiger partial charge in [-0.1, -0.05) is 48.0 Å². The standard InChI is InChI=1S/C18H18ClFN4S/c1-22(11-14-15(19)9-6-10-16(14)20)12-24-18(25)23(2)17(21-24)13-7-4-3-5-8-13/h3-10H,11-12H2,1-2H3/p+1. The minimum absolute atomic E-state index is 0.290. The van der Waals surface area contributed by atoms with E-state index in [1.54, 1.807) is 16.8 Å². The van der Waals surface area contributed by atoms with E-state index in [0.717, 1.165) is 16.3 Å². The average molecular weight is 378 g/mol. The third-order valence-corrected chi connectivity index (χ3v) is 4.87. The molecule has 0 spiro atoms. The molecule has 3 rings (SSSR count). The summed E-state index contributed by atoms with van der Waals surface area (Å²) in [6.07, 6.45) is 0. The molecular weight excluding hydrogens is 359 g/mol. The van der Waals surface area contributed by atoms with Gasteiger partial charge in [0.25, 0.3) is 0 Å². The van der Waals surface area contributed by atoms with Crippen molar-refractivity contribution >= 4 is 23.8 Å². The van der Waals surface area contributed by atoms with Crippen molar-refractivity contribution in [1.82, 2.24) is 14.3 Å². The fourth-order valence-corrected chi connectivity index (χ4v) is 3.17. The number of benzene rings is 2. The molecule has 1 heterocycles. The Bertz CT molecular complexity index is 916. The van der Waals surface area contributed by atoms with Crippen LogP contribution in [0.25, 0.3) is 11.4 Å². The summed E-state index contributed by atoms with van der Waals surface area (Å²) in [6.45, 7) is 0.967. The number of nitrogens with one attached hydrogen (secondary N) is 1. The van der Waals surface area contributed by atoms with E-state index < -0.39 is 0 Å². The van der Waals surface area contributed by atoms with Gasteiger partial charge >= 0.3 is 0 Å². The number of quaternary nitrogens is 1. The van der Waals surface area contributed by atoms with Crippen LogP contribution in [-0.4, -0.2) is 21.4 Å². The second-order valence-corrected chi connectivity index (χ2v) is 6.80. The lowest BCUT2D eigenvalue weighted by molar-refractivity contribution is -0.917. The maximum Gasteiger partial charge on any atom is 0.202 e. The summed E-state index contributed by atoms with van der Waals surface area (Å²) in [4.78, 5) is 1.03. The highest BCUT2D eigenvalue weighted by Gasteiger charge is 2.16. The molecule has 0 aliphatic carbocycles. The van der Waals surface area contributed by atoms with Crippen LogP contribution in [-0.2, 0) is 20.3 Å². The Morgan fingerprint density at radius 2 is 1.88 bits per heavy atom. The van der Waals surface area contributed by atoms with Gasteiger partial charge in [-0.15, -0.1) is 5.10 Å². The van der Waals surface area contributed by atoms with Gasteiger partial charge in [0.15, 0.2) is 12.5 Å². The molecule has 1 atom stereocenters. The Kier molecular flexibility index (Phi) is 5.32. The summed E-state index contributed by atoms with van der Waals surface area (Å²) in [5.41, 5.74) is 1.51. The Labute approximate surface area is 156 Å². The Balaban J connectivity index is 1.83. The molecule has 2 aromatic carbocycles. The summed E-state index contributed by atoms with van der Waals surface area (Å²) >= 11 is 11.6. The van der Waals surface area contributed by atoms with Crippen molar-refractivity contribution in [3.05, 3.63) is 69.7 Å². The van der Waals surface area contributed by atoms with Gasteiger partial charge in [-0.3, -0.25) is 0 Å². The number of aromatic nitrogens is 3. The zero-order valence-corrected chi connectivity index (χ0v) is 15.6. The normalized spacial score (nSPS) is 12.3. The molecule has 0 saturated carbocycles. The summed E-state index contributed by atoms with van der Waals surface area (Å²) in [7, 11) is 3.86. The molecule has 1 unspecified atom stereocenters. The van der Waals surface area contributed by atoms with Crippen LogP contribution in [0.15, 0.2) is 48.5 Å². The van der Waals surface area contributed by atoms with Crippen LogP contribution in [0.3, 0.4) is 0 Å². The van der Waals surface area contributed by atoms with Crippen LogP contribution >= 0.6 is 23.8 Å². The maximum absolute atomic E-state index is 14.0. The molecule has 1 aromatic heterocycles. The Hall–Kier alpha value is -2.02. The first kappa shape index (κ1) is 17.8. The lowest BCUT2D eigenvalue weighted by Gasteiger charge is -2.15. The number of hydrogen-bond acceptors (Lipinski definition) is 2. The first-order valence-electron chi connectivity index (χ1n) is 7.91. The van der Waals surface area contributed by atoms with Crippen LogP contribution in [0.5, 0.6) is 0 Å². The quantitative estimate of drug-likeness (QED) is 0.692. The number of rotatable bonds is 5. The highest BCUT2D eigenvalue weighted by molar-refractivity contribution is 7.71. The van der Waals surface area contributed by atoms with Crippen LogP contribution in [0.2, 0.25) is 5.02 Å². The fourth-order valence-electron chi connectivity index (χ4n) is 2.74. The monoisotopic (exact) mass is 377 g/mol. The van der Waals surface area contributed by atoms with Crippen molar-refractivity contribution in [2.45, 2.75) is 13.2 Å². The fraction of sp³-hybridized carbons (Fsp3) is 0.222. The van der Waals surface area contributed by atoms with E-state index in [4.69, 9.17) is 23.8 Å². The largest absolute Gasteiger partial charge is 0.315 e. The van der Waals surface area contributed by atoms with Gasteiger partial charge in [0, 0.05) is 12.6 Å². The van der Waals surface area contributed by atoms with E-state index in [2.05, 4.69) is 5.10 Å². The number of halogens is 2. The topological polar surface area (TPSA) is 27.2 Å². The minimum atomic E-state index is -0.290. The first-order chi connectivity index (χ1) is 12.0. The molecule has 0 radical (unpaired) electrons. The van der Waals surface area contributed by atoms with Crippen LogP contribution in [0, 0.1) is 10.6 Å². The Morgan fingerprint density at radius 1 is 1.16 bits per heavy atom. The van der Waals surface area contributed by atoms with Gasteiger partial charge in [0.05, 0.1) is 17.6 Å². The maximum atomic E-state index is 14.0. The van der Waals surface area contributed by atoms with Crippen molar-refractivity contribution in [1.29, 1.82) is 0 Å². The minimum Gasteiger partial charge on any atom is -0.315 e. The molecule has 4 nitrogen and oxygen atoms in total. The molecule has 3 aromatic rings. The molecule has 0 aliphatic heterocycles. The van der Waals surface area contributed by atoms with Crippen molar-refractivity contribution in [2.24, 2.45) is 7.05 Å². The molecule has 0 bridgehead atoms. The molecule has 0 amide bonds. The smallest absolute Gasteiger partial charge is 0.202 e. The zero-order chi connectivity index (χ0) is 18.0. The summed E-state index contributed by atoms with van der Waals surface area (Å²) < 4.78 is 18.2. The number of hydrogen-bond donors (Lipinski definition) is 1. The lowest BCUT2D eigenvalue weighted by Crippen LogP contribution is -3.07. The number of nitrogens with zero attached hydrogens (tertiary/aromatic N) is 3. The van der Waals surface area contributed by atoms with Crippen molar-refractivity contribution in [2.75, 3.05) is 7.05 Å². The van der Waals surface area contributed by atoms with Crippen LogP contribution in [0.1, 0.15) is 5.56 Å².